The van der Waals surface area contributed by atoms with Crippen LogP contribution in [0.5, 0.6) is 11.5 Å². The number of carbonyl (C=O) groups excluding carboxylic acids is 1. The quantitative estimate of drug-likeness (QED) is 0.174. The summed E-state index contributed by atoms with van der Waals surface area (Å²) < 4.78 is 18.8. The van der Waals surface area contributed by atoms with Crippen molar-refractivity contribution in [2.45, 2.75) is 50.7 Å². The standard InChI is InChI=1S/C46H38O4/c1-44(2,28-14-8-6-9-15-28)37-26-36-38(35-27-49-43(47)39(35)37)40-32-18-12-13-19-33(32)42-34(41(40)45(36,3)4)24-25-46(50-42,29-16-10-7-11-17-29)30-20-22-31(48-5)23-21-30/h6-26H,27H2,1-5H3. The van der Waals surface area contributed by atoms with Crippen LogP contribution in [0.2, 0.25) is 0 Å². The summed E-state index contributed by atoms with van der Waals surface area (Å²) in [6, 6.07) is 39.9. The van der Waals surface area contributed by atoms with E-state index in [9.17, 15) is 4.79 Å². The van der Waals surface area contributed by atoms with Crippen molar-refractivity contribution in [1.82, 2.24) is 0 Å². The van der Waals surface area contributed by atoms with Crippen LogP contribution in [-0.4, -0.2) is 13.1 Å². The van der Waals surface area contributed by atoms with Gasteiger partial charge in [0.2, 0.25) is 0 Å². The zero-order valence-corrected chi connectivity index (χ0v) is 29.0. The van der Waals surface area contributed by atoms with Gasteiger partial charge in [0.05, 0.1) is 12.7 Å². The number of methoxy groups -OCH3 is 1. The van der Waals surface area contributed by atoms with Crippen molar-refractivity contribution >= 4 is 22.8 Å². The minimum Gasteiger partial charge on any atom is -0.497 e. The molecule has 9 rings (SSSR count). The molecule has 0 saturated carbocycles. The first-order valence-electron chi connectivity index (χ1n) is 17.3. The molecule has 50 heavy (non-hydrogen) atoms. The highest BCUT2D eigenvalue weighted by Gasteiger charge is 2.48. The smallest absolute Gasteiger partial charge is 0.339 e. The fourth-order valence-electron chi connectivity index (χ4n) is 8.74. The fourth-order valence-corrected chi connectivity index (χ4v) is 8.74. The van der Waals surface area contributed by atoms with E-state index in [0.29, 0.717) is 5.56 Å². The molecule has 0 fully saturated rings. The van der Waals surface area contributed by atoms with E-state index in [1.807, 2.05) is 24.3 Å². The molecule has 3 aliphatic rings. The number of rotatable bonds is 5. The highest BCUT2D eigenvalue weighted by atomic mass is 16.5. The summed E-state index contributed by atoms with van der Waals surface area (Å²) in [7, 11) is 1.69. The summed E-state index contributed by atoms with van der Waals surface area (Å²) in [6.07, 6.45) is 4.48. The van der Waals surface area contributed by atoms with E-state index in [1.54, 1.807) is 7.11 Å². The van der Waals surface area contributed by atoms with E-state index >= 15 is 0 Å². The largest absolute Gasteiger partial charge is 0.497 e. The molecular weight excluding hydrogens is 617 g/mol. The number of cyclic esters (lactones) is 1. The van der Waals surface area contributed by atoms with Crippen LogP contribution in [0.15, 0.2) is 121 Å². The predicted octanol–water partition coefficient (Wildman–Crippen LogP) is 10.5. The van der Waals surface area contributed by atoms with Crippen LogP contribution < -0.4 is 9.47 Å². The van der Waals surface area contributed by atoms with Crippen molar-refractivity contribution in [2.24, 2.45) is 0 Å². The summed E-state index contributed by atoms with van der Waals surface area (Å²) in [6.45, 7) is 9.30. The highest BCUT2D eigenvalue weighted by molar-refractivity contribution is 6.11. The van der Waals surface area contributed by atoms with Gasteiger partial charge >= 0.3 is 5.97 Å². The van der Waals surface area contributed by atoms with Crippen molar-refractivity contribution in [3.8, 4) is 22.6 Å². The lowest BCUT2D eigenvalue weighted by molar-refractivity contribution is 0.0533. The normalized spacial score (nSPS) is 18.1. The van der Waals surface area contributed by atoms with Gasteiger partial charge in [-0.1, -0.05) is 137 Å². The molecule has 1 unspecified atom stereocenters. The lowest BCUT2D eigenvalue weighted by Crippen LogP contribution is -2.35. The monoisotopic (exact) mass is 654 g/mol. The molecule has 2 aliphatic heterocycles. The maximum Gasteiger partial charge on any atom is 0.339 e. The van der Waals surface area contributed by atoms with Gasteiger partial charge in [-0.25, -0.2) is 4.79 Å². The van der Waals surface area contributed by atoms with Crippen LogP contribution in [0.4, 0.5) is 0 Å². The fraction of sp³-hybridized carbons (Fsp3) is 0.196. The van der Waals surface area contributed by atoms with E-state index in [-0.39, 0.29) is 12.6 Å². The molecule has 6 aromatic carbocycles. The van der Waals surface area contributed by atoms with Crippen molar-refractivity contribution in [1.29, 1.82) is 0 Å². The zero-order chi connectivity index (χ0) is 34.4. The van der Waals surface area contributed by atoms with Gasteiger partial charge in [0, 0.05) is 38.5 Å². The predicted molar refractivity (Wildman–Crippen MR) is 199 cm³/mol. The molecule has 1 atom stereocenters. The van der Waals surface area contributed by atoms with E-state index < -0.39 is 16.4 Å². The topological polar surface area (TPSA) is 44.8 Å². The number of esters is 1. The zero-order valence-electron chi connectivity index (χ0n) is 29.0. The number of fused-ring (bicyclic) bond motifs is 10. The summed E-state index contributed by atoms with van der Waals surface area (Å²) in [5.41, 5.74) is 10.0. The first kappa shape index (κ1) is 30.4. The Hall–Kier alpha value is -5.61. The van der Waals surface area contributed by atoms with E-state index in [4.69, 9.17) is 14.2 Å². The van der Waals surface area contributed by atoms with Crippen molar-refractivity contribution in [3.05, 3.63) is 171 Å². The van der Waals surface area contributed by atoms with Gasteiger partial charge in [0.1, 0.15) is 18.1 Å². The molecule has 4 nitrogen and oxygen atoms in total. The molecule has 0 bridgehead atoms. The van der Waals surface area contributed by atoms with E-state index in [2.05, 4.69) is 131 Å². The van der Waals surface area contributed by atoms with Gasteiger partial charge in [-0.2, -0.15) is 0 Å². The van der Waals surface area contributed by atoms with Crippen LogP contribution in [-0.2, 0) is 27.8 Å². The highest BCUT2D eigenvalue weighted by Crippen LogP contribution is 2.60. The van der Waals surface area contributed by atoms with Crippen LogP contribution >= 0.6 is 0 Å². The van der Waals surface area contributed by atoms with Crippen LogP contribution in [0.3, 0.4) is 0 Å². The number of hydrogen-bond donors (Lipinski definition) is 0. The molecule has 246 valence electrons. The van der Waals surface area contributed by atoms with Gasteiger partial charge in [-0.05, 0) is 57.0 Å². The minimum absolute atomic E-state index is 0.245. The third-order valence-electron chi connectivity index (χ3n) is 11.4. The average Bonchev–Trinajstić information content (AvgIpc) is 3.66. The molecule has 0 aromatic heterocycles. The van der Waals surface area contributed by atoms with Gasteiger partial charge in [0.15, 0.2) is 5.60 Å². The second-order valence-corrected chi connectivity index (χ2v) is 14.7. The Morgan fingerprint density at radius 1 is 0.740 bits per heavy atom. The molecule has 4 heteroatoms. The third kappa shape index (κ3) is 4.08. The second kappa shape index (κ2) is 10.7. The Morgan fingerprint density at radius 3 is 2.08 bits per heavy atom. The molecule has 0 amide bonds. The van der Waals surface area contributed by atoms with Gasteiger partial charge in [0.25, 0.3) is 0 Å². The molecule has 0 spiro atoms. The van der Waals surface area contributed by atoms with Crippen LogP contribution in [0.1, 0.15) is 82.6 Å². The van der Waals surface area contributed by atoms with Crippen molar-refractivity contribution < 1.29 is 19.0 Å². The first-order valence-corrected chi connectivity index (χ1v) is 17.3. The Bertz CT molecular complexity index is 2380. The maximum atomic E-state index is 13.7. The van der Waals surface area contributed by atoms with E-state index in [0.717, 1.165) is 61.2 Å². The lowest BCUT2D eigenvalue weighted by Gasteiger charge is -2.38. The number of hydrogen-bond acceptors (Lipinski definition) is 4. The van der Waals surface area contributed by atoms with Gasteiger partial charge in [-0.3, -0.25) is 0 Å². The number of benzene rings is 6. The minimum atomic E-state index is -0.860. The first-order chi connectivity index (χ1) is 24.2. The molecular formula is C46H38O4. The Morgan fingerprint density at radius 2 is 1.38 bits per heavy atom. The van der Waals surface area contributed by atoms with Gasteiger partial charge < -0.3 is 14.2 Å². The Balaban J connectivity index is 1.33. The Kier molecular flexibility index (Phi) is 6.51. The van der Waals surface area contributed by atoms with Crippen molar-refractivity contribution in [2.75, 3.05) is 7.11 Å². The molecule has 2 heterocycles. The molecule has 6 aromatic rings. The second-order valence-electron chi connectivity index (χ2n) is 14.7. The van der Waals surface area contributed by atoms with Crippen LogP contribution in [0, 0.1) is 0 Å². The average molecular weight is 655 g/mol. The summed E-state index contributed by atoms with van der Waals surface area (Å²) in [4.78, 5) is 13.7. The SMILES string of the molecule is COc1ccc(C2(c3ccccc3)C=Cc3c4c(c5ccccc5c3O2)-c2c(cc(C(C)(C)c3ccccc3)c3c2COC3=O)C4(C)C)cc1. The summed E-state index contributed by atoms with van der Waals surface area (Å²) >= 11 is 0. The summed E-state index contributed by atoms with van der Waals surface area (Å²) in [5, 5.41) is 2.15. The van der Waals surface area contributed by atoms with Gasteiger partial charge in [-0.15, -0.1) is 0 Å². The molecule has 1 aliphatic carbocycles. The Labute approximate surface area is 293 Å². The summed E-state index contributed by atoms with van der Waals surface area (Å²) in [5.74, 6) is 1.41. The van der Waals surface area contributed by atoms with Crippen LogP contribution in [0.25, 0.3) is 28.0 Å². The number of ether oxygens (including phenoxy) is 3. The number of carbonyl (C=O) groups is 1. The molecule has 0 N–H and O–H groups in total. The molecule has 0 saturated heterocycles. The maximum absolute atomic E-state index is 13.7. The van der Waals surface area contributed by atoms with Crippen molar-refractivity contribution in [3.63, 3.8) is 0 Å². The van der Waals surface area contributed by atoms with E-state index in [1.165, 1.54) is 16.7 Å². The lowest BCUT2D eigenvalue weighted by atomic mass is 9.72. The third-order valence-corrected chi connectivity index (χ3v) is 11.4. The molecule has 0 radical (unpaired) electrons.